The maximum atomic E-state index is 12.0. The molecule has 1 N–H and O–H groups in total. The topological polar surface area (TPSA) is 19.7 Å². The number of fused-ring (bicyclic) bond motifs is 1. The van der Waals surface area contributed by atoms with Crippen LogP contribution in [0.15, 0.2) is 18.5 Å². The molecule has 0 radical (unpaired) electrons. The molecule has 5 heteroatoms. The number of thiazole rings is 1. The predicted molar refractivity (Wildman–Crippen MR) is 53.2 cm³/mol. The van der Waals surface area contributed by atoms with E-state index in [0.717, 1.165) is 14.2 Å². The summed E-state index contributed by atoms with van der Waals surface area (Å²) in [4.78, 5) is 3.05. The average Bonchev–Trinajstić information content (AvgIpc) is 2.44. The van der Waals surface area contributed by atoms with Crippen LogP contribution in [0.4, 0.5) is 4.39 Å². The first-order chi connectivity index (χ1) is 6.29. The summed E-state index contributed by atoms with van der Waals surface area (Å²) in [5, 5.41) is 0. The van der Waals surface area contributed by atoms with E-state index in [-0.39, 0.29) is 6.67 Å². The lowest BCUT2D eigenvalue weighted by Gasteiger charge is -1.90. The van der Waals surface area contributed by atoms with Crippen molar-refractivity contribution < 1.29 is 8.96 Å². The fourth-order valence-electron chi connectivity index (χ4n) is 1.18. The molecule has 0 saturated heterocycles. The first kappa shape index (κ1) is 8.77. The minimum absolute atomic E-state index is 0.346. The van der Waals surface area contributed by atoms with Gasteiger partial charge in [0.1, 0.15) is 12.2 Å². The van der Waals surface area contributed by atoms with E-state index in [0.29, 0.717) is 6.54 Å². The van der Waals surface area contributed by atoms with Gasteiger partial charge in [0, 0.05) is 6.07 Å². The number of aromatic nitrogens is 2. The third kappa shape index (κ3) is 1.76. The van der Waals surface area contributed by atoms with Gasteiger partial charge in [0.15, 0.2) is 22.9 Å². The number of aryl methyl sites for hydroxylation is 1. The van der Waals surface area contributed by atoms with Crippen LogP contribution in [0.3, 0.4) is 0 Å². The Morgan fingerprint density at radius 2 is 2.46 bits per heavy atom. The number of nitrogens with one attached hydrogen (secondary N) is 1. The lowest BCUT2D eigenvalue weighted by Crippen LogP contribution is -2.33. The molecule has 2 nitrogen and oxygen atoms in total. The molecular weight excluding hydrogens is 207 g/mol. The Balaban J connectivity index is 2.54. The summed E-state index contributed by atoms with van der Waals surface area (Å²) in [6, 6.07) is 1.95. The van der Waals surface area contributed by atoms with E-state index in [1.807, 2.05) is 18.5 Å². The lowest BCUT2D eigenvalue weighted by molar-refractivity contribution is -0.695. The normalized spacial score (nSPS) is 10.8. The van der Waals surface area contributed by atoms with Crippen molar-refractivity contribution >= 4 is 33.8 Å². The molecule has 0 atom stereocenters. The average molecular weight is 215 g/mol. The van der Waals surface area contributed by atoms with E-state index >= 15 is 0 Å². The number of alkyl halides is 1. The first-order valence-electron chi connectivity index (χ1n) is 3.87. The number of pyridine rings is 1. The van der Waals surface area contributed by atoms with Crippen LogP contribution >= 0.6 is 23.6 Å². The lowest BCUT2D eigenvalue weighted by atomic mass is 10.4. The highest BCUT2D eigenvalue weighted by atomic mass is 32.1. The Kier molecular flexibility index (Phi) is 2.37. The third-order valence-electron chi connectivity index (χ3n) is 1.76. The van der Waals surface area contributed by atoms with Crippen LogP contribution in [0.1, 0.15) is 0 Å². The molecule has 0 aliphatic carbocycles. The molecule has 0 aliphatic heterocycles. The Bertz CT molecular complexity index is 474. The summed E-state index contributed by atoms with van der Waals surface area (Å²) in [6.07, 6.45) is 3.74. The number of H-pyrrole nitrogens is 1. The van der Waals surface area contributed by atoms with Crippen LogP contribution in [0, 0.1) is 3.95 Å². The summed E-state index contributed by atoms with van der Waals surface area (Å²) < 4.78 is 15.7. The van der Waals surface area contributed by atoms with Gasteiger partial charge in [0.05, 0.1) is 4.70 Å². The molecule has 68 valence electrons. The Morgan fingerprint density at radius 3 is 3.23 bits per heavy atom. The van der Waals surface area contributed by atoms with Gasteiger partial charge in [0.2, 0.25) is 0 Å². The Labute approximate surface area is 83.7 Å². The van der Waals surface area contributed by atoms with Crippen molar-refractivity contribution in [3.05, 3.63) is 22.4 Å². The summed E-state index contributed by atoms with van der Waals surface area (Å²) >= 11 is 6.53. The molecule has 0 aliphatic rings. The van der Waals surface area contributed by atoms with Gasteiger partial charge >= 0.3 is 0 Å². The van der Waals surface area contributed by atoms with Crippen molar-refractivity contribution in [1.82, 2.24) is 4.98 Å². The monoisotopic (exact) mass is 215 g/mol. The van der Waals surface area contributed by atoms with E-state index in [1.165, 1.54) is 11.3 Å². The fraction of sp³-hybridized carbons (Fsp3) is 0.250. The smallest absolute Gasteiger partial charge is 0.194 e. The van der Waals surface area contributed by atoms with E-state index in [1.54, 1.807) is 4.57 Å². The van der Waals surface area contributed by atoms with Crippen LogP contribution in [0.25, 0.3) is 10.2 Å². The number of aromatic amines is 1. The molecule has 0 aromatic carbocycles. The number of rotatable bonds is 2. The van der Waals surface area contributed by atoms with Gasteiger partial charge < -0.3 is 4.98 Å². The summed E-state index contributed by atoms with van der Waals surface area (Å²) in [6.45, 7) is 0.0490. The molecular formula is C8H8FN2S2+. The van der Waals surface area contributed by atoms with Crippen molar-refractivity contribution in [1.29, 1.82) is 0 Å². The number of halogens is 1. The van der Waals surface area contributed by atoms with Gasteiger partial charge in [-0.1, -0.05) is 0 Å². The Hall–Kier alpha value is -0.810. The van der Waals surface area contributed by atoms with Gasteiger partial charge in [0.25, 0.3) is 0 Å². The molecule has 2 aromatic rings. The van der Waals surface area contributed by atoms with Crippen molar-refractivity contribution in [3.8, 4) is 0 Å². The molecule has 0 saturated carbocycles. The van der Waals surface area contributed by atoms with Gasteiger partial charge in [-0.25, -0.2) is 8.96 Å². The zero-order valence-corrected chi connectivity index (χ0v) is 8.42. The van der Waals surface area contributed by atoms with E-state index in [2.05, 4.69) is 4.98 Å². The second-order valence-corrected chi connectivity index (χ2v) is 4.38. The summed E-state index contributed by atoms with van der Waals surface area (Å²) in [5.41, 5.74) is 0.978. The largest absolute Gasteiger partial charge is 0.332 e. The summed E-state index contributed by atoms with van der Waals surface area (Å²) in [5.74, 6) is 0. The fourth-order valence-corrected chi connectivity index (χ4v) is 2.26. The van der Waals surface area contributed by atoms with E-state index in [9.17, 15) is 4.39 Å². The SMILES string of the molecule is FCC[n+]1ccc2sc(=S)[nH]c2c1. The zero-order chi connectivity index (χ0) is 9.26. The predicted octanol–water partition coefficient (Wildman–Crippen LogP) is 2.22. The van der Waals surface area contributed by atoms with E-state index < -0.39 is 0 Å². The van der Waals surface area contributed by atoms with Crippen molar-refractivity contribution in [2.24, 2.45) is 0 Å². The molecule has 0 spiro atoms. The van der Waals surface area contributed by atoms with Crippen LogP contribution in [-0.2, 0) is 6.54 Å². The first-order valence-corrected chi connectivity index (χ1v) is 5.10. The minimum Gasteiger partial charge on any atom is -0.332 e. The quantitative estimate of drug-likeness (QED) is 0.601. The molecule has 0 unspecified atom stereocenters. The van der Waals surface area contributed by atoms with Crippen LogP contribution < -0.4 is 4.57 Å². The molecule has 0 amide bonds. The van der Waals surface area contributed by atoms with Crippen LogP contribution in [0.2, 0.25) is 0 Å². The number of nitrogens with zero attached hydrogens (tertiary/aromatic N) is 1. The van der Waals surface area contributed by atoms with Crippen molar-refractivity contribution in [3.63, 3.8) is 0 Å². The standard InChI is InChI=1S/C8H7FN2S2/c9-2-4-11-3-1-7-6(5-11)10-8(12)13-7/h1,3,5H,2,4H2/p+1. The second-order valence-electron chi connectivity index (χ2n) is 2.66. The van der Waals surface area contributed by atoms with Crippen LogP contribution in [0.5, 0.6) is 0 Å². The molecule has 2 rings (SSSR count). The van der Waals surface area contributed by atoms with E-state index in [4.69, 9.17) is 12.2 Å². The molecule has 13 heavy (non-hydrogen) atoms. The molecule has 2 aromatic heterocycles. The molecule has 2 heterocycles. The van der Waals surface area contributed by atoms with Crippen molar-refractivity contribution in [2.75, 3.05) is 6.67 Å². The molecule has 0 fully saturated rings. The van der Waals surface area contributed by atoms with Gasteiger partial charge in [-0.2, -0.15) is 0 Å². The maximum Gasteiger partial charge on any atom is 0.194 e. The van der Waals surface area contributed by atoms with Gasteiger partial charge in [-0.15, -0.1) is 11.3 Å². The van der Waals surface area contributed by atoms with Gasteiger partial charge in [-0.3, -0.25) is 0 Å². The van der Waals surface area contributed by atoms with Crippen LogP contribution in [-0.4, -0.2) is 11.7 Å². The second kappa shape index (κ2) is 3.51. The van der Waals surface area contributed by atoms with Gasteiger partial charge in [-0.05, 0) is 12.2 Å². The third-order valence-corrected chi connectivity index (χ3v) is 2.98. The highest BCUT2D eigenvalue weighted by molar-refractivity contribution is 7.73. The highest BCUT2D eigenvalue weighted by Gasteiger charge is 2.04. The molecule has 0 bridgehead atoms. The zero-order valence-electron chi connectivity index (χ0n) is 6.79. The highest BCUT2D eigenvalue weighted by Crippen LogP contribution is 2.16. The summed E-state index contributed by atoms with van der Waals surface area (Å²) in [7, 11) is 0. The van der Waals surface area contributed by atoms with Crippen molar-refractivity contribution in [2.45, 2.75) is 6.54 Å². The number of hydrogen-bond acceptors (Lipinski definition) is 2. The number of hydrogen-bond donors (Lipinski definition) is 1. The Morgan fingerprint density at radius 1 is 1.62 bits per heavy atom. The minimum atomic E-state index is -0.346. The maximum absolute atomic E-state index is 12.0.